The number of halogens is 1. The SMILES string of the molecule is CCN(Cc1ccccc1C)CC(C)N.Cl. The number of hydrogen-bond acceptors (Lipinski definition) is 2. The van der Waals surface area contributed by atoms with Gasteiger partial charge < -0.3 is 5.73 Å². The molecule has 0 fully saturated rings. The monoisotopic (exact) mass is 242 g/mol. The third-order valence-corrected chi connectivity index (χ3v) is 2.65. The van der Waals surface area contributed by atoms with Crippen LogP contribution >= 0.6 is 12.4 Å². The number of hydrogen-bond donors (Lipinski definition) is 1. The van der Waals surface area contributed by atoms with Crippen molar-refractivity contribution in [3.8, 4) is 0 Å². The van der Waals surface area contributed by atoms with Crippen LogP contribution in [0.5, 0.6) is 0 Å². The highest BCUT2D eigenvalue weighted by molar-refractivity contribution is 5.85. The molecule has 0 amide bonds. The Morgan fingerprint density at radius 2 is 1.94 bits per heavy atom. The van der Waals surface area contributed by atoms with Crippen LogP contribution in [0.2, 0.25) is 0 Å². The van der Waals surface area contributed by atoms with Gasteiger partial charge in [-0.1, -0.05) is 31.2 Å². The van der Waals surface area contributed by atoms with Crippen LogP contribution in [0.4, 0.5) is 0 Å². The lowest BCUT2D eigenvalue weighted by atomic mass is 10.1. The van der Waals surface area contributed by atoms with E-state index in [0.717, 1.165) is 19.6 Å². The van der Waals surface area contributed by atoms with Gasteiger partial charge in [0.15, 0.2) is 0 Å². The van der Waals surface area contributed by atoms with Crippen molar-refractivity contribution in [1.82, 2.24) is 4.90 Å². The first-order chi connectivity index (χ1) is 7.13. The van der Waals surface area contributed by atoms with Gasteiger partial charge in [0, 0.05) is 19.1 Å². The average molecular weight is 243 g/mol. The molecule has 1 aromatic carbocycles. The van der Waals surface area contributed by atoms with Gasteiger partial charge in [-0.15, -0.1) is 12.4 Å². The fourth-order valence-corrected chi connectivity index (χ4v) is 1.74. The van der Waals surface area contributed by atoms with E-state index in [1.165, 1.54) is 11.1 Å². The largest absolute Gasteiger partial charge is 0.327 e. The minimum absolute atomic E-state index is 0. The first-order valence-corrected chi connectivity index (χ1v) is 5.66. The molecule has 0 bridgehead atoms. The molecule has 0 aliphatic carbocycles. The molecule has 0 spiro atoms. The number of rotatable bonds is 5. The summed E-state index contributed by atoms with van der Waals surface area (Å²) in [5, 5.41) is 0. The van der Waals surface area contributed by atoms with Crippen LogP contribution in [0.15, 0.2) is 24.3 Å². The van der Waals surface area contributed by atoms with E-state index in [1.807, 2.05) is 0 Å². The summed E-state index contributed by atoms with van der Waals surface area (Å²) in [5.41, 5.74) is 8.58. The Hall–Kier alpha value is -0.570. The lowest BCUT2D eigenvalue weighted by Crippen LogP contribution is -2.35. The zero-order valence-electron chi connectivity index (χ0n) is 10.4. The van der Waals surface area contributed by atoms with Crippen molar-refractivity contribution in [2.24, 2.45) is 5.73 Å². The van der Waals surface area contributed by atoms with Crippen molar-refractivity contribution in [3.05, 3.63) is 35.4 Å². The molecule has 2 nitrogen and oxygen atoms in total. The van der Waals surface area contributed by atoms with Crippen molar-refractivity contribution in [2.45, 2.75) is 33.4 Å². The molecule has 3 heteroatoms. The van der Waals surface area contributed by atoms with Gasteiger partial charge in [-0.05, 0) is 31.5 Å². The Labute approximate surface area is 105 Å². The second-order valence-corrected chi connectivity index (χ2v) is 4.23. The smallest absolute Gasteiger partial charge is 0.0236 e. The van der Waals surface area contributed by atoms with Gasteiger partial charge in [-0.3, -0.25) is 4.90 Å². The highest BCUT2D eigenvalue weighted by Crippen LogP contribution is 2.10. The van der Waals surface area contributed by atoms with Gasteiger partial charge in [0.05, 0.1) is 0 Å². The topological polar surface area (TPSA) is 29.3 Å². The van der Waals surface area contributed by atoms with Crippen molar-refractivity contribution < 1.29 is 0 Å². The van der Waals surface area contributed by atoms with Crippen LogP contribution in [0, 0.1) is 6.92 Å². The summed E-state index contributed by atoms with van der Waals surface area (Å²) in [6.45, 7) is 9.42. The van der Waals surface area contributed by atoms with Crippen LogP contribution in [-0.4, -0.2) is 24.0 Å². The van der Waals surface area contributed by atoms with E-state index in [-0.39, 0.29) is 18.4 Å². The molecule has 0 aromatic heterocycles. The van der Waals surface area contributed by atoms with Crippen molar-refractivity contribution in [2.75, 3.05) is 13.1 Å². The van der Waals surface area contributed by atoms with E-state index in [4.69, 9.17) is 5.73 Å². The van der Waals surface area contributed by atoms with Gasteiger partial charge in [0.2, 0.25) is 0 Å². The quantitative estimate of drug-likeness (QED) is 0.860. The van der Waals surface area contributed by atoms with E-state index in [9.17, 15) is 0 Å². The summed E-state index contributed by atoms with van der Waals surface area (Å²) < 4.78 is 0. The number of aryl methyl sites for hydroxylation is 1. The summed E-state index contributed by atoms with van der Waals surface area (Å²) in [4.78, 5) is 2.38. The molecule has 0 radical (unpaired) electrons. The summed E-state index contributed by atoms with van der Waals surface area (Å²) in [6.07, 6.45) is 0. The van der Waals surface area contributed by atoms with E-state index < -0.39 is 0 Å². The average Bonchev–Trinajstić information content (AvgIpc) is 2.19. The molecular weight excluding hydrogens is 220 g/mol. The van der Waals surface area contributed by atoms with E-state index >= 15 is 0 Å². The minimum atomic E-state index is 0. The lowest BCUT2D eigenvalue weighted by molar-refractivity contribution is 0.266. The predicted octanol–water partition coefficient (Wildman–Crippen LogP) is 2.59. The Bertz CT molecular complexity index is 300. The fraction of sp³-hybridized carbons (Fsp3) is 0.538. The second kappa shape index (κ2) is 7.66. The van der Waals surface area contributed by atoms with Crippen LogP contribution in [0.1, 0.15) is 25.0 Å². The molecule has 0 heterocycles. The van der Waals surface area contributed by atoms with Crippen molar-refractivity contribution in [1.29, 1.82) is 0 Å². The fourth-order valence-electron chi connectivity index (χ4n) is 1.74. The summed E-state index contributed by atoms with van der Waals surface area (Å²) in [7, 11) is 0. The number of likely N-dealkylation sites (N-methyl/N-ethyl adjacent to an activating group) is 1. The zero-order valence-corrected chi connectivity index (χ0v) is 11.3. The van der Waals surface area contributed by atoms with Crippen LogP contribution in [0.25, 0.3) is 0 Å². The maximum absolute atomic E-state index is 5.82. The normalized spacial score (nSPS) is 12.3. The van der Waals surface area contributed by atoms with Gasteiger partial charge in [0.25, 0.3) is 0 Å². The molecule has 2 N–H and O–H groups in total. The summed E-state index contributed by atoms with van der Waals surface area (Å²) in [6, 6.07) is 8.78. The maximum atomic E-state index is 5.82. The Morgan fingerprint density at radius 3 is 2.44 bits per heavy atom. The van der Waals surface area contributed by atoms with Crippen LogP contribution in [-0.2, 0) is 6.54 Å². The van der Waals surface area contributed by atoms with Crippen LogP contribution < -0.4 is 5.73 Å². The standard InChI is InChI=1S/C13H22N2.ClH/c1-4-15(9-12(3)14)10-13-8-6-5-7-11(13)2;/h5-8,12H,4,9-10,14H2,1-3H3;1H. The third kappa shape index (κ3) is 4.97. The van der Waals surface area contributed by atoms with Crippen molar-refractivity contribution in [3.63, 3.8) is 0 Å². The number of nitrogens with two attached hydrogens (primary N) is 1. The number of nitrogens with zero attached hydrogens (tertiary/aromatic N) is 1. The van der Waals surface area contributed by atoms with Gasteiger partial charge >= 0.3 is 0 Å². The zero-order chi connectivity index (χ0) is 11.3. The molecule has 92 valence electrons. The van der Waals surface area contributed by atoms with Gasteiger partial charge in [-0.2, -0.15) is 0 Å². The number of benzene rings is 1. The molecule has 0 aliphatic rings. The third-order valence-electron chi connectivity index (χ3n) is 2.65. The molecule has 1 unspecified atom stereocenters. The van der Waals surface area contributed by atoms with E-state index in [0.29, 0.717) is 0 Å². The van der Waals surface area contributed by atoms with Crippen LogP contribution in [0.3, 0.4) is 0 Å². The lowest BCUT2D eigenvalue weighted by Gasteiger charge is -2.23. The van der Waals surface area contributed by atoms with Crippen molar-refractivity contribution >= 4 is 12.4 Å². The van der Waals surface area contributed by atoms with E-state index in [2.05, 4.69) is 49.9 Å². The predicted molar refractivity (Wildman–Crippen MR) is 73.0 cm³/mol. The summed E-state index contributed by atoms with van der Waals surface area (Å²) >= 11 is 0. The van der Waals surface area contributed by atoms with Gasteiger partial charge in [-0.25, -0.2) is 0 Å². The molecule has 0 saturated heterocycles. The molecular formula is C13H23ClN2. The molecule has 16 heavy (non-hydrogen) atoms. The Balaban J connectivity index is 0.00000225. The van der Waals surface area contributed by atoms with E-state index in [1.54, 1.807) is 0 Å². The summed E-state index contributed by atoms with van der Waals surface area (Å²) in [5.74, 6) is 0. The maximum Gasteiger partial charge on any atom is 0.0236 e. The molecule has 0 saturated carbocycles. The molecule has 0 aliphatic heterocycles. The molecule has 1 rings (SSSR count). The molecule has 1 atom stereocenters. The first kappa shape index (κ1) is 15.4. The Kier molecular flexibility index (Phi) is 7.39. The minimum Gasteiger partial charge on any atom is -0.327 e. The first-order valence-electron chi connectivity index (χ1n) is 5.66. The molecule has 1 aromatic rings. The van der Waals surface area contributed by atoms with Gasteiger partial charge in [0.1, 0.15) is 0 Å². The highest BCUT2D eigenvalue weighted by atomic mass is 35.5. The second-order valence-electron chi connectivity index (χ2n) is 4.23. The Morgan fingerprint density at radius 1 is 1.31 bits per heavy atom. The highest BCUT2D eigenvalue weighted by Gasteiger charge is 2.07.